The Morgan fingerprint density at radius 2 is 2.00 bits per heavy atom. The third-order valence-electron chi connectivity index (χ3n) is 5.79. The van der Waals surface area contributed by atoms with Crippen molar-refractivity contribution in [2.24, 2.45) is 11.8 Å². The average molecular weight is 340 g/mol. The molecule has 7 nitrogen and oxygen atoms in total. The maximum Gasteiger partial charge on any atom is 0.132 e. The summed E-state index contributed by atoms with van der Waals surface area (Å²) in [6.45, 7) is 9.93. The summed E-state index contributed by atoms with van der Waals surface area (Å²) in [7, 11) is 0. The number of fused-ring (bicyclic) bond motifs is 2. The molecule has 2 aromatic rings. The van der Waals surface area contributed by atoms with Crippen LogP contribution < -0.4 is 4.90 Å². The van der Waals surface area contributed by atoms with Gasteiger partial charge in [-0.25, -0.2) is 9.97 Å². The van der Waals surface area contributed by atoms with Gasteiger partial charge in [0.25, 0.3) is 0 Å². The summed E-state index contributed by atoms with van der Waals surface area (Å²) in [6.07, 6.45) is 3.71. The van der Waals surface area contributed by atoms with E-state index < -0.39 is 0 Å². The number of nitrogens with zero attached hydrogens (tertiary/aromatic N) is 6. The van der Waals surface area contributed by atoms with Crippen LogP contribution >= 0.6 is 0 Å². The molecule has 2 fully saturated rings. The van der Waals surface area contributed by atoms with Crippen LogP contribution in [0, 0.1) is 18.8 Å². The summed E-state index contributed by atoms with van der Waals surface area (Å²) in [6, 6.07) is 2.10. The third-order valence-corrected chi connectivity index (χ3v) is 5.79. The molecular weight excluding hydrogens is 316 g/mol. The standard InChI is InChI=1S/C18H24N6O/c1-13-4-18(20-12-19-13)23-9-15-7-22(8-16(15)10-23)6-14-5-21-24-2-3-25-11-17(14)24/h4-5,12,15-16H,2-3,6-11H2,1H3. The third kappa shape index (κ3) is 2.81. The number of hydrogen-bond acceptors (Lipinski definition) is 6. The van der Waals surface area contributed by atoms with Crippen LogP contribution in [0.25, 0.3) is 0 Å². The van der Waals surface area contributed by atoms with Gasteiger partial charge in [0.2, 0.25) is 0 Å². The quantitative estimate of drug-likeness (QED) is 0.833. The van der Waals surface area contributed by atoms with Gasteiger partial charge in [0.1, 0.15) is 12.1 Å². The normalized spacial score (nSPS) is 26.0. The van der Waals surface area contributed by atoms with Crippen molar-refractivity contribution in [3.05, 3.63) is 35.5 Å². The van der Waals surface area contributed by atoms with E-state index in [-0.39, 0.29) is 0 Å². The summed E-state index contributed by atoms with van der Waals surface area (Å²) < 4.78 is 7.71. The van der Waals surface area contributed by atoms with Gasteiger partial charge >= 0.3 is 0 Å². The Kier molecular flexibility index (Phi) is 3.71. The highest BCUT2D eigenvalue weighted by atomic mass is 16.5. The Morgan fingerprint density at radius 1 is 1.16 bits per heavy atom. The first-order chi connectivity index (χ1) is 12.3. The molecule has 0 saturated carbocycles. The fourth-order valence-electron chi connectivity index (χ4n) is 4.52. The van der Waals surface area contributed by atoms with Gasteiger partial charge in [0, 0.05) is 50.0 Å². The maximum atomic E-state index is 5.61. The number of ether oxygens (including phenoxy) is 1. The van der Waals surface area contributed by atoms with Crippen molar-refractivity contribution in [2.75, 3.05) is 37.7 Å². The second-order valence-electron chi connectivity index (χ2n) is 7.53. The molecule has 0 amide bonds. The van der Waals surface area contributed by atoms with Crippen molar-refractivity contribution in [1.82, 2.24) is 24.6 Å². The lowest BCUT2D eigenvalue weighted by Gasteiger charge is -2.23. The monoisotopic (exact) mass is 340 g/mol. The Morgan fingerprint density at radius 3 is 2.80 bits per heavy atom. The SMILES string of the molecule is Cc1cc(N2CC3CN(Cc4cnn5c4COCC5)CC3C2)ncn1. The molecule has 25 heavy (non-hydrogen) atoms. The van der Waals surface area contributed by atoms with Crippen molar-refractivity contribution in [2.45, 2.75) is 26.6 Å². The molecule has 2 saturated heterocycles. The molecule has 0 spiro atoms. The molecule has 0 N–H and O–H groups in total. The minimum absolute atomic E-state index is 0.705. The zero-order valence-electron chi connectivity index (χ0n) is 14.6. The second kappa shape index (κ2) is 6.07. The number of likely N-dealkylation sites (tertiary alicyclic amines) is 1. The van der Waals surface area contributed by atoms with Crippen molar-refractivity contribution in [3.63, 3.8) is 0 Å². The first-order valence-corrected chi connectivity index (χ1v) is 9.13. The van der Waals surface area contributed by atoms with E-state index in [1.165, 1.54) is 11.3 Å². The van der Waals surface area contributed by atoms with E-state index in [0.717, 1.165) is 69.2 Å². The molecule has 7 heteroatoms. The molecule has 2 unspecified atom stereocenters. The van der Waals surface area contributed by atoms with E-state index in [9.17, 15) is 0 Å². The summed E-state index contributed by atoms with van der Waals surface area (Å²) in [4.78, 5) is 13.7. The van der Waals surface area contributed by atoms with Gasteiger partial charge in [0.05, 0.1) is 31.6 Å². The van der Waals surface area contributed by atoms with E-state index in [4.69, 9.17) is 4.74 Å². The largest absolute Gasteiger partial charge is 0.373 e. The molecular formula is C18H24N6O. The second-order valence-corrected chi connectivity index (χ2v) is 7.53. The lowest BCUT2D eigenvalue weighted by molar-refractivity contribution is 0.0788. The topological polar surface area (TPSA) is 59.3 Å². The fraction of sp³-hybridized carbons (Fsp3) is 0.611. The zero-order valence-corrected chi connectivity index (χ0v) is 14.6. The van der Waals surface area contributed by atoms with Crippen LogP contribution in [0.2, 0.25) is 0 Å². The Bertz CT molecular complexity index is 761. The van der Waals surface area contributed by atoms with Gasteiger partial charge in [-0.1, -0.05) is 0 Å². The van der Waals surface area contributed by atoms with Gasteiger partial charge < -0.3 is 9.64 Å². The molecule has 0 radical (unpaired) electrons. The van der Waals surface area contributed by atoms with Crippen molar-refractivity contribution in [1.29, 1.82) is 0 Å². The number of rotatable bonds is 3. The summed E-state index contributed by atoms with van der Waals surface area (Å²) in [5, 5.41) is 4.52. The molecule has 132 valence electrons. The molecule has 2 atom stereocenters. The molecule has 3 aliphatic rings. The summed E-state index contributed by atoms with van der Waals surface area (Å²) in [5.41, 5.74) is 3.64. The van der Waals surface area contributed by atoms with Crippen LogP contribution in [-0.4, -0.2) is 57.4 Å². The molecule has 5 heterocycles. The van der Waals surface area contributed by atoms with Crippen LogP contribution in [0.3, 0.4) is 0 Å². The highest BCUT2D eigenvalue weighted by Crippen LogP contribution is 2.34. The highest BCUT2D eigenvalue weighted by molar-refractivity contribution is 5.40. The number of aryl methyl sites for hydroxylation is 1. The highest BCUT2D eigenvalue weighted by Gasteiger charge is 2.40. The van der Waals surface area contributed by atoms with Gasteiger partial charge in [-0.2, -0.15) is 5.10 Å². The first kappa shape index (κ1) is 15.3. The van der Waals surface area contributed by atoms with Crippen molar-refractivity contribution < 1.29 is 4.74 Å². The van der Waals surface area contributed by atoms with Crippen molar-refractivity contribution >= 4 is 5.82 Å². The minimum Gasteiger partial charge on any atom is -0.373 e. The molecule has 0 aromatic carbocycles. The van der Waals surface area contributed by atoms with E-state index >= 15 is 0 Å². The first-order valence-electron chi connectivity index (χ1n) is 9.13. The van der Waals surface area contributed by atoms with Crippen LogP contribution in [0.5, 0.6) is 0 Å². The summed E-state index contributed by atoms with van der Waals surface area (Å²) >= 11 is 0. The molecule has 5 rings (SSSR count). The predicted molar refractivity (Wildman–Crippen MR) is 93.1 cm³/mol. The van der Waals surface area contributed by atoms with E-state index in [2.05, 4.69) is 35.6 Å². The molecule has 0 aliphatic carbocycles. The van der Waals surface area contributed by atoms with Crippen molar-refractivity contribution in [3.8, 4) is 0 Å². The smallest absolute Gasteiger partial charge is 0.132 e. The zero-order chi connectivity index (χ0) is 16.8. The molecule has 3 aliphatic heterocycles. The summed E-state index contributed by atoms with van der Waals surface area (Å²) in [5.74, 6) is 2.55. The minimum atomic E-state index is 0.705. The Balaban J connectivity index is 1.23. The van der Waals surface area contributed by atoms with Crippen LogP contribution in [0.1, 0.15) is 17.0 Å². The van der Waals surface area contributed by atoms with E-state index in [1.54, 1.807) is 6.33 Å². The van der Waals surface area contributed by atoms with Crippen LogP contribution in [0.15, 0.2) is 18.6 Å². The fourth-order valence-corrected chi connectivity index (χ4v) is 4.52. The molecule has 0 bridgehead atoms. The lowest BCUT2D eigenvalue weighted by Crippen LogP contribution is -2.29. The van der Waals surface area contributed by atoms with Gasteiger partial charge in [-0.3, -0.25) is 9.58 Å². The van der Waals surface area contributed by atoms with E-state index in [1.807, 2.05) is 13.1 Å². The lowest BCUT2D eigenvalue weighted by atomic mass is 10.0. The number of hydrogen-bond donors (Lipinski definition) is 0. The van der Waals surface area contributed by atoms with Gasteiger partial charge in [-0.15, -0.1) is 0 Å². The molecule has 2 aromatic heterocycles. The number of aromatic nitrogens is 4. The van der Waals surface area contributed by atoms with E-state index in [0.29, 0.717) is 6.61 Å². The average Bonchev–Trinajstić information content (AvgIpc) is 3.29. The van der Waals surface area contributed by atoms with Crippen LogP contribution in [0.4, 0.5) is 5.82 Å². The van der Waals surface area contributed by atoms with Gasteiger partial charge in [0.15, 0.2) is 0 Å². The number of anilines is 1. The van der Waals surface area contributed by atoms with Crippen LogP contribution in [-0.2, 0) is 24.4 Å². The Hall–Kier alpha value is -1.99. The van der Waals surface area contributed by atoms with Gasteiger partial charge in [-0.05, 0) is 18.8 Å². The Labute approximate surface area is 147 Å². The maximum absolute atomic E-state index is 5.61. The predicted octanol–water partition coefficient (Wildman–Crippen LogP) is 1.08.